The van der Waals surface area contributed by atoms with Crippen LogP contribution in [0.15, 0.2) is 85.2 Å². The second-order valence-electron chi connectivity index (χ2n) is 8.88. The van der Waals surface area contributed by atoms with Gasteiger partial charge in [-0.1, -0.05) is 47.0 Å². The van der Waals surface area contributed by atoms with Crippen LogP contribution in [0.1, 0.15) is 35.5 Å². The van der Waals surface area contributed by atoms with Gasteiger partial charge in [-0.25, -0.2) is 0 Å². The molecule has 1 saturated heterocycles. The quantitative estimate of drug-likeness (QED) is 0.258. The van der Waals surface area contributed by atoms with Crippen LogP contribution in [-0.4, -0.2) is 32.0 Å². The second-order valence-corrected chi connectivity index (χ2v) is 10.1. The first-order valence-electron chi connectivity index (χ1n) is 11.9. The summed E-state index contributed by atoms with van der Waals surface area (Å²) in [7, 11) is 0. The van der Waals surface area contributed by atoms with E-state index < -0.39 is 0 Å². The number of nitrogens with zero attached hydrogens (tertiary/aromatic N) is 3. The highest BCUT2D eigenvalue weighted by atomic mass is 35.5. The number of hydrogen-bond acceptors (Lipinski definition) is 3. The SMILES string of the molecule is Cc1ccc(NC(=O)CCN2C(=S)N[C@@H](c3ccccn3)[C@@H]2c2cccn2-c2ccc(Cl)cc2Cl)cc1. The predicted molar refractivity (Wildman–Crippen MR) is 152 cm³/mol. The largest absolute Gasteiger partial charge is 0.352 e. The van der Waals surface area contributed by atoms with Gasteiger partial charge in [-0.3, -0.25) is 9.78 Å². The molecule has 0 saturated carbocycles. The summed E-state index contributed by atoms with van der Waals surface area (Å²) in [6.07, 6.45) is 4.00. The summed E-state index contributed by atoms with van der Waals surface area (Å²) < 4.78 is 2.04. The van der Waals surface area contributed by atoms with E-state index in [2.05, 4.69) is 20.5 Å². The van der Waals surface area contributed by atoms with Crippen LogP contribution in [-0.2, 0) is 4.79 Å². The number of carbonyl (C=O) groups is 1. The van der Waals surface area contributed by atoms with Crippen LogP contribution in [0.25, 0.3) is 5.69 Å². The fourth-order valence-electron chi connectivity index (χ4n) is 4.58. The first-order valence-corrected chi connectivity index (χ1v) is 13.0. The van der Waals surface area contributed by atoms with Crippen molar-refractivity contribution in [1.82, 2.24) is 19.8 Å². The van der Waals surface area contributed by atoms with Gasteiger partial charge >= 0.3 is 0 Å². The molecule has 0 unspecified atom stereocenters. The molecule has 2 atom stereocenters. The Bertz CT molecular complexity index is 1420. The Labute approximate surface area is 231 Å². The van der Waals surface area contributed by atoms with Crippen LogP contribution < -0.4 is 10.6 Å². The van der Waals surface area contributed by atoms with Gasteiger partial charge in [-0.2, -0.15) is 0 Å². The Balaban J connectivity index is 1.45. The highest BCUT2D eigenvalue weighted by molar-refractivity contribution is 7.80. The zero-order valence-corrected chi connectivity index (χ0v) is 22.4. The van der Waals surface area contributed by atoms with Crippen molar-refractivity contribution < 1.29 is 4.79 Å². The molecule has 9 heteroatoms. The fourth-order valence-corrected chi connectivity index (χ4v) is 5.41. The number of hydrogen-bond donors (Lipinski definition) is 2. The van der Waals surface area contributed by atoms with Gasteiger partial charge in [0.25, 0.3) is 0 Å². The lowest BCUT2D eigenvalue weighted by Crippen LogP contribution is -2.33. The van der Waals surface area contributed by atoms with Gasteiger partial charge in [-0.15, -0.1) is 0 Å². The Kier molecular flexibility index (Phi) is 7.46. The lowest BCUT2D eigenvalue weighted by atomic mass is 10.0. The Morgan fingerprint density at radius 1 is 1.08 bits per heavy atom. The maximum atomic E-state index is 12.8. The Hall–Kier alpha value is -3.39. The minimum atomic E-state index is -0.226. The number of benzene rings is 2. The first kappa shape index (κ1) is 25.3. The number of rotatable bonds is 7. The third-order valence-electron chi connectivity index (χ3n) is 6.37. The number of halogens is 2. The second kappa shape index (κ2) is 10.9. The molecule has 1 aliphatic rings. The lowest BCUT2D eigenvalue weighted by molar-refractivity contribution is -0.116. The summed E-state index contributed by atoms with van der Waals surface area (Å²) in [5, 5.41) is 8.09. The topological polar surface area (TPSA) is 62.2 Å². The highest BCUT2D eigenvalue weighted by Crippen LogP contribution is 2.40. The highest BCUT2D eigenvalue weighted by Gasteiger charge is 2.41. The number of carbonyl (C=O) groups excluding carboxylic acids is 1. The minimum absolute atomic E-state index is 0.0807. The fraction of sp³-hybridized carbons (Fsp3) is 0.179. The van der Waals surface area contributed by atoms with Crippen molar-refractivity contribution in [3.63, 3.8) is 0 Å². The van der Waals surface area contributed by atoms with Gasteiger partial charge in [0.1, 0.15) is 0 Å². The van der Waals surface area contributed by atoms with Gasteiger partial charge in [-0.05, 0) is 73.7 Å². The average Bonchev–Trinajstić information content (AvgIpc) is 3.48. The van der Waals surface area contributed by atoms with Crippen LogP contribution in [0.3, 0.4) is 0 Å². The van der Waals surface area contributed by atoms with Crippen molar-refractivity contribution >= 4 is 52.1 Å². The molecule has 3 heterocycles. The molecule has 37 heavy (non-hydrogen) atoms. The predicted octanol–water partition coefficient (Wildman–Crippen LogP) is 6.49. The monoisotopic (exact) mass is 549 g/mol. The number of nitrogens with one attached hydrogen (secondary N) is 2. The summed E-state index contributed by atoms with van der Waals surface area (Å²) in [5.74, 6) is -0.0807. The van der Waals surface area contributed by atoms with Gasteiger partial charge in [0.2, 0.25) is 5.91 Å². The van der Waals surface area contributed by atoms with E-state index in [-0.39, 0.29) is 24.4 Å². The van der Waals surface area contributed by atoms with E-state index in [0.29, 0.717) is 21.7 Å². The smallest absolute Gasteiger partial charge is 0.226 e. The molecule has 0 spiro atoms. The molecule has 1 fully saturated rings. The molecule has 5 rings (SSSR count). The number of aryl methyl sites for hydroxylation is 1. The third kappa shape index (κ3) is 5.49. The average molecular weight is 551 g/mol. The van der Waals surface area contributed by atoms with Crippen molar-refractivity contribution in [3.8, 4) is 5.69 Å². The maximum absolute atomic E-state index is 12.8. The molecule has 1 amide bonds. The normalized spacial score (nSPS) is 17.1. The molecule has 2 aromatic carbocycles. The molecule has 1 aliphatic heterocycles. The minimum Gasteiger partial charge on any atom is -0.352 e. The molecule has 0 bridgehead atoms. The Morgan fingerprint density at radius 2 is 1.89 bits per heavy atom. The van der Waals surface area contributed by atoms with E-state index in [1.54, 1.807) is 12.3 Å². The summed E-state index contributed by atoms with van der Waals surface area (Å²) in [6, 6.07) is 22.6. The van der Waals surface area contributed by atoms with Crippen molar-refractivity contribution in [3.05, 3.63) is 112 Å². The summed E-state index contributed by atoms with van der Waals surface area (Å²) in [5.41, 5.74) is 4.54. The van der Waals surface area contributed by atoms with Crippen molar-refractivity contribution in [2.24, 2.45) is 0 Å². The zero-order chi connectivity index (χ0) is 25.9. The molecule has 2 aromatic heterocycles. The number of anilines is 1. The van der Waals surface area contributed by atoms with Crippen LogP contribution in [0.2, 0.25) is 10.0 Å². The zero-order valence-electron chi connectivity index (χ0n) is 20.1. The number of aromatic nitrogens is 2. The molecule has 0 radical (unpaired) electrons. The first-order chi connectivity index (χ1) is 17.9. The standard InChI is InChI=1S/C28H25Cl2N5OS/c1-18-7-10-20(11-8-18)32-25(36)13-16-35-27(26(33-28(35)37)22-5-2-3-14-31-22)24-6-4-15-34(24)23-12-9-19(29)17-21(23)30/h2-12,14-15,17,26-27H,13,16H2,1H3,(H,32,36)(H,33,37)/t26-,27-/m0/s1. The third-order valence-corrected chi connectivity index (χ3v) is 7.26. The summed E-state index contributed by atoms with van der Waals surface area (Å²) >= 11 is 18.5. The van der Waals surface area contributed by atoms with E-state index in [0.717, 1.165) is 28.3 Å². The van der Waals surface area contributed by atoms with Crippen LogP contribution in [0.5, 0.6) is 0 Å². The Morgan fingerprint density at radius 3 is 2.62 bits per heavy atom. The van der Waals surface area contributed by atoms with Crippen LogP contribution in [0, 0.1) is 6.92 Å². The molecule has 0 aliphatic carbocycles. The van der Waals surface area contributed by atoms with Gasteiger partial charge in [0, 0.05) is 41.8 Å². The summed E-state index contributed by atoms with van der Waals surface area (Å²) in [4.78, 5) is 19.5. The van der Waals surface area contributed by atoms with Crippen molar-refractivity contribution in [2.75, 3.05) is 11.9 Å². The number of thiocarbonyl (C=S) groups is 1. The van der Waals surface area contributed by atoms with Crippen molar-refractivity contribution in [2.45, 2.75) is 25.4 Å². The maximum Gasteiger partial charge on any atom is 0.226 e. The van der Waals surface area contributed by atoms with E-state index >= 15 is 0 Å². The molecule has 2 N–H and O–H groups in total. The van der Waals surface area contributed by atoms with Crippen LogP contribution >= 0.6 is 35.4 Å². The van der Waals surface area contributed by atoms with Gasteiger partial charge in [0.15, 0.2) is 5.11 Å². The number of amides is 1. The van der Waals surface area contributed by atoms with Crippen molar-refractivity contribution in [1.29, 1.82) is 0 Å². The van der Waals surface area contributed by atoms with E-state index in [9.17, 15) is 4.79 Å². The van der Waals surface area contributed by atoms with Gasteiger partial charge < -0.3 is 20.1 Å². The molecule has 188 valence electrons. The number of pyridine rings is 1. The molecular weight excluding hydrogens is 525 g/mol. The lowest BCUT2D eigenvalue weighted by Gasteiger charge is -2.29. The van der Waals surface area contributed by atoms with E-state index in [4.69, 9.17) is 35.4 Å². The van der Waals surface area contributed by atoms with E-state index in [1.807, 2.05) is 84.4 Å². The molecular formula is C28H25Cl2N5OS. The van der Waals surface area contributed by atoms with Crippen LogP contribution in [0.4, 0.5) is 5.69 Å². The summed E-state index contributed by atoms with van der Waals surface area (Å²) in [6.45, 7) is 2.44. The molecule has 6 nitrogen and oxygen atoms in total. The molecule has 4 aromatic rings. The van der Waals surface area contributed by atoms with Gasteiger partial charge in [0.05, 0.1) is 28.5 Å². The van der Waals surface area contributed by atoms with E-state index in [1.165, 1.54) is 0 Å².